The van der Waals surface area contributed by atoms with Crippen molar-refractivity contribution in [2.24, 2.45) is 0 Å². The smallest absolute Gasteiger partial charge is 0.338 e. The molecule has 1 fully saturated rings. The van der Waals surface area contributed by atoms with Crippen molar-refractivity contribution in [2.45, 2.75) is 25.8 Å². The summed E-state index contributed by atoms with van der Waals surface area (Å²) in [6.45, 7) is 3.63. The van der Waals surface area contributed by atoms with Crippen LogP contribution in [0.25, 0.3) is 0 Å². The minimum Gasteiger partial charge on any atom is -0.465 e. The molecular formula is C16H22F2N2O2. The van der Waals surface area contributed by atoms with Crippen molar-refractivity contribution < 1.29 is 18.3 Å². The Hall–Kier alpha value is -1.53. The van der Waals surface area contributed by atoms with Crippen LogP contribution in [-0.4, -0.2) is 50.6 Å². The summed E-state index contributed by atoms with van der Waals surface area (Å²) < 4.78 is 29.8. The molecule has 1 saturated heterocycles. The fraction of sp³-hybridized carbons (Fsp3) is 0.562. The third-order valence-electron chi connectivity index (χ3n) is 3.97. The van der Waals surface area contributed by atoms with E-state index in [0.29, 0.717) is 31.6 Å². The molecule has 22 heavy (non-hydrogen) atoms. The molecule has 1 heterocycles. The SMILES string of the molecule is CCc1cc(C2CN(CC(F)F)CCN2)ccc1C(=O)OC. The van der Waals surface area contributed by atoms with Gasteiger partial charge in [0.1, 0.15) is 0 Å². The van der Waals surface area contributed by atoms with Crippen LogP contribution in [0.5, 0.6) is 0 Å². The molecule has 0 aromatic heterocycles. The maximum absolute atomic E-state index is 12.5. The summed E-state index contributed by atoms with van der Waals surface area (Å²) in [5.41, 5.74) is 2.49. The van der Waals surface area contributed by atoms with E-state index in [1.165, 1.54) is 7.11 Å². The monoisotopic (exact) mass is 312 g/mol. The average molecular weight is 312 g/mol. The third kappa shape index (κ3) is 4.01. The molecule has 1 aliphatic heterocycles. The molecule has 1 aliphatic rings. The second-order valence-electron chi connectivity index (χ2n) is 5.42. The van der Waals surface area contributed by atoms with Gasteiger partial charge in [0, 0.05) is 25.7 Å². The van der Waals surface area contributed by atoms with E-state index in [2.05, 4.69) is 5.32 Å². The summed E-state index contributed by atoms with van der Waals surface area (Å²) in [5, 5.41) is 3.35. The fourth-order valence-electron chi connectivity index (χ4n) is 2.83. The standard InChI is InChI=1S/C16H22F2N2O2/c1-3-11-8-12(4-5-13(11)16(21)22-2)14-9-20(7-6-19-14)10-15(17)18/h4-5,8,14-15,19H,3,6-7,9-10H2,1-2H3. The van der Waals surface area contributed by atoms with Crippen molar-refractivity contribution >= 4 is 5.97 Å². The van der Waals surface area contributed by atoms with Crippen molar-refractivity contribution in [2.75, 3.05) is 33.3 Å². The summed E-state index contributed by atoms with van der Waals surface area (Å²) in [4.78, 5) is 13.5. The van der Waals surface area contributed by atoms with Gasteiger partial charge in [-0.25, -0.2) is 13.6 Å². The maximum atomic E-state index is 12.5. The predicted molar refractivity (Wildman–Crippen MR) is 80.3 cm³/mol. The number of aryl methyl sites for hydroxylation is 1. The quantitative estimate of drug-likeness (QED) is 0.847. The zero-order chi connectivity index (χ0) is 16.1. The van der Waals surface area contributed by atoms with Gasteiger partial charge in [0.15, 0.2) is 0 Å². The van der Waals surface area contributed by atoms with Crippen molar-refractivity contribution in [1.29, 1.82) is 0 Å². The lowest BCUT2D eigenvalue weighted by molar-refractivity contribution is 0.0598. The second-order valence-corrected chi connectivity index (χ2v) is 5.42. The third-order valence-corrected chi connectivity index (χ3v) is 3.97. The molecule has 4 nitrogen and oxygen atoms in total. The number of esters is 1. The Morgan fingerprint density at radius 2 is 2.27 bits per heavy atom. The van der Waals surface area contributed by atoms with Crippen LogP contribution < -0.4 is 5.32 Å². The number of rotatable bonds is 5. The summed E-state index contributed by atoms with van der Waals surface area (Å²) in [7, 11) is 1.36. The first kappa shape index (κ1) is 16.8. The minimum atomic E-state index is -2.31. The topological polar surface area (TPSA) is 41.6 Å². The van der Waals surface area contributed by atoms with Crippen LogP contribution in [0.3, 0.4) is 0 Å². The highest BCUT2D eigenvalue weighted by Gasteiger charge is 2.23. The average Bonchev–Trinajstić information content (AvgIpc) is 2.53. The van der Waals surface area contributed by atoms with Gasteiger partial charge in [0.2, 0.25) is 0 Å². The van der Waals surface area contributed by atoms with Gasteiger partial charge in [-0.3, -0.25) is 4.90 Å². The second kappa shape index (κ2) is 7.65. The first-order chi connectivity index (χ1) is 10.5. The lowest BCUT2D eigenvalue weighted by Gasteiger charge is -2.34. The van der Waals surface area contributed by atoms with Gasteiger partial charge in [0.05, 0.1) is 19.2 Å². The summed E-state index contributed by atoms with van der Waals surface area (Å²) in [5.74, 6) is -0.348. The number of hydrogen-bond donors (Lipinski definition) is 1. The minimum absolute atomic E-state index is 0.00416. The molecule has 0 spiro atoms. The Kier molecular flexibility index (Phi) is 5.85. The first-order valence-corrected chi connectivity index (χ1v) is 7.50. The predicted octanol–water partition coefficient (Wildman–Crippen LogP) is 2.25. The van der Waals surface area contributed by atoms with Crippen LogP contribution >= 0.6 is 0 Å². The molecule has 1 aromatic carbocycles. The van der Waals surface area contributed by atoms with E-state index in [4.69, 9.17) is 4.74 Å². The highest BCUT2D eigenvalue weighted by Crippen LogP contribution is 2.22. The summed E-state index contributed by atoms with van der Waals surface area (Å²) in [6.07, 6.45) is -1.60. The zero-order valence-electron chi connectivity index (χ0n) is 12.9. The number of ether oxygens (including phenoxy) is 1. The van der Waals surface area contributed by atoms with Gasteiger partial charge < -0.3 is 10.1 Å². The number of nitrogens with one attached hydrogen (secondary N) is 1. The molecule has 0 amide bonds. The van der Waals surface area contributed by atoms with Crippen LogP contribution in [-0.2, 0) is 11.2 Å². The normalized spacial score (nSPS) is 19.4. The number of nitrogens with zero attached hydrogens (tertiary/aromatic N) is 1. The highest BCUT2D eigenvalue weighted by atomic mass is 19.3. The van der Waals surface area contributed by atoms with E-state index >= 15 is 0 Å². The van der Waals surface area contributed by atoms with Crippen LogP contribution in [0, 0.1) is 0 Å². The number of halogens is 2. The lowest BCUT2D eigenvalue weighted by atomic mass is 9.97. The Bertz CT molecular complexity index is 523. The van der Waals surface area contributed by atoms with E-state index in [1.807, 2.05) is 19.1 Å². The van der Waals surface area contributed by atoms with Gasteiger partial charge in [-0.05, 0) is 23.6 Å². The number of carbonyl (C=O) groups excluding carboxylic acids is 1. The Labute approximate surface area is 129 Å². The number of hydrogen-bond acceptors (Lipinski definition) is 4. The Morgan fingerprint density at radius 3 is 2.91 bits per heavy atom. The number of benzene rings is 1. The molecule has 0 bridgehead atoms. The fourth-order valence-corrected chi connectivity index (χ4v) is 2.83. The summed E-state index contributed by atoms with van der Waals surface area (Å²) in [6, 6.07) is 5.60. The molecule has 122 valence electrons. The van der Waals surface area contributed by atoms with E-state index in [-0.39, 0.29) is 18.6 Å². The molecule has 1 aromatic rings. The maximum Gasteiger partial charge on any atom is 0.338 e. The van der Waals surface area contributed by atoms with Crippen molar-refractivity contribution in [3.63, 3.8) is 0 Å². The van der Waals surface area contributed by atoms with Gasteiger partial charge in [0.25, 0.3) is 6.43 Å². The van der Waals surface area contributed by atoms with Crippen LogP contribution in [0.15, 0.2) is 18.2 Å². The van der Waals surface area contributed by atoms with Crippen molar-refractivity contribution in [3.05, 3.63) is 34.9 Å². The Morgan fingerprint density at radius 1 is 1.50 bits per heavy atom. The number of alkyl halides is 2. The molecule has 6 heteroatoms. The molecule has 0 radical (unpaired) electrons. The van der Waals surface area contributed by atoms with Crippen LogP contribution in [0.4, 0.5) is 8.78 Å². The van der Waals surface area contributed by atoms with E-state index in [0.717, 1.165) is 11.1 Å². The summed E-state index contributed by atoms with van der Waals surface area (Å²) >= 11 is 0. The highest BCUT2D eigenvalue weighted by molar-refractivity contribution is 5.91. The van der Waals surface area contributed by atoms with Gasteiger partial charge in [-0.2, -0.15) is 0 Å². The number of carbonyl (C=O) groups is 1. The Balaban J connectivity index is 2.16. The number of methoxy groups -OCH3 is 1. The lowest BCUT2D eigenvalue weighted by Crippen LogP contribution is -2.47. The van der Waals surface area contributed by atoms with Crippen molar-refractivity contribution in [3.8, 4) is 0 Å². The van der Waals surface area contributed by atoms with Crippen LogP contribution in [0.2, 0.25) is 0 Å². The first-order valence-electron chi connectivity index (χ1n) is 7.50. The van der Waals surface area contributed by atoms with Crippen molar-refractivity contribution in [1.82, 2.24) is 10.2 Å². The van der Waals surface area contributed by atoms with Gasteiger partial charge in [-0.15, -0.1) is 0 Å². The van der Waals surface area contributed by atoms with E-state index in [1.54, 1.807) is 11.0 Å². The molecule has 2 rings (SSSR count). The number of piperazine rings is 1. The molecule has 0 aliphatic carbocycles. The molecule has 1 unspecified atom stereocenters. The molecular weight excluding hydrogens is 290 g/mol. The molecule has 1 N–H and O–H groups in total. The van der Waals surface area contributed by atoms with E-state index in [9.17, 15) is 13.6 Å². The largest absolute Gasteiger partial charge is 0.465 e. The van der Waals surface area contributed by atoms with Gasteiger partial charge in [-0.1, -0.05) is 19.1 Å². The molecule has 0 saturated carbocycles. The molecule has 1 atom stereocenters. The zero-order valence-corrected chi connectivity index (χ0v) is 12.9. The van der Waals surface area contributed by atoms with E-state index < -0.39 is 6.43 Å². The van der Waals surface area contributed by atoms with Crippen LogP contribution in [0.1, 0.15) is 34.5 Å². The van der Waals surface area contributed by atoms with Gasteiger partial charge >= 0.3 is 5.97 Å².